The summed E-state index contributed by atoms with van der Waals surface area (Å²) in [5.74, 6) is 0.264. The zero-order valence-corrected chi connectivity index (χ0v) is 22.5. The van der Waals surface area contributed by atoms with Gasteiger partial charge >= 0.3 is 0 Å². The van der Waals surface area contributed by atoms with Crippen molar-refractivity contribution < 1.29 is 9.59 Å². The quantitative estimate of drug-likeness (QED) is 0.321. The second kappa shape index (κ2) is 13.3. The Labute approximate surface area is 220 Å². The largest absolute Gasteiger partial charge is 0.352 e. The van der Waals surface area contributed by atoms with Crippen molar-refractivity contribution in [3.63, 3.8) is 0 Å². The summed E-state index contributed by atoms with van der Waals surface area (Å²) in [5.41, 5.74) is 4.30. The molecule has 2 amide bonds. The summed E-state index contributed by atoms with van der Waals surface area (Å²) in [5, 5.41) is 3.64. The predicted molar refractivity (Wildman–Crippen MR) is 148 cm³/mol. The van der Waals surface area contributed by atoms with Crippen molar-refractivity contribution in [1.29, 1.82) is 0 Å². The van der Waals surface area contributed by atoms with Gasteiger partial charge in [0.25, 0.3) is 0 Å². The molecule has 5 heteroatoms. The molecule has 0 aromatic heterocycles. The molecule has 1 N–H and O–H groups in total. The summed E-state index contributed by atoms with van der Waals surface area (Å²) in [4.78, 5) is 28.8. The number of amides is 2. The highest BCUT2D eigenvalue weighted by molar-refractivity contribution is 6.30. The number of aryl methyl sites for hydroxylation is 1. The van der Waals surface area contributed by atoms with E-state index in [1.165, 1.54) is 5.56 Å². The maximum Gasteiger partial charge on any atom is 0.243 e. The molecule has 36 heavy (non-hydrogen) atoms. The van der Waals surface area contributed by atoms with Crippen LogP contribution in [0.4, 0.5) is 0 Å². The SMILES string of the molecule is CC(C)NC(=O)[C@H](Cc1ccccc1)N(Cc1cccc(Cl)c1)C(=O)CCc1ccc(C(C)C)cc1. The van der Waals surface area contributed by atoms with Gasteiger partial charge in [-0.25, -0.2) is 0 Å². The minimum atomic E-state index is -0.635. The molecule has 0 bridgehead atoms. The van der Waals surface area contributed by atoms with Crippen molar-refractivity contribution in [2.24, 2.45) is 0 Å². The summed E-state index contributed by atoms with van der Waals surface area (Å²) < 4.78 is 0. The Morgan fingerprint density at radius 2 is 1.50 bits per heavy atom. The molecule has 0 unspecified atom stereocenters. The van der Waals surface area contributed by atoms with Crippen LogP contribution in [0.1, 0.15) is 62.3 Å². The number of rotatable bonds is 11. The number of carbonyl (C=O) groups excluding carboxylic acids is 2. The van der Waals surface area contributed by atoms with E-state index in [-0.39, 0.29) is 17.9 Å². The Morgan fingerprint density at radius 3 is 2.11 bits per heavy atom. The molecule has 0 spiro atoms. The van der Waals surface area contributed by atoms with Crippen LogP contribution in [-0.2, 0) is 29.0 Å². The molecule has 0 saturated carbocycles. The van der Waals surface area contributed by atoms with Crippen molar-refractivity contribution in [2.45, 2.75) is 71.5 Å². The molecule has 3 rings (SSSR count). The zero-order chi connectivity index (χ0) is 26.1. The van der Waals surface area contributed by atoms with E-state index in [2.05, 4.69) is 43.4 Å². The highest BCUT2D eigenvalue weighted by atomic mass is 35.5. The summed E-state index contributed by atoms with van der Waals surface area (Å²) in [6, 6.07) is 25.1. The number of halogens is 1. The van der Waals surface area contributed by atoms with Crippen molar-refractivity contribution >= 4 is 23.4 Å². The number of hydrogen-bond donors (Lipinski definition) is 1. The van der Waals surface area contributed by atoms with Crippen molar-refractivity contribution in [2.75, 3.05) is 0 Å². The van der Waals surface area contributed by atoms with E-state index in [4.69, 9.17) is 11.6 Å². The van der Waals surface area contributed by atoms with Crippen LogP contribution < -0.4 is 5.32 Å². The second-order valence-electron chi connectivity index (χ2n) is 9.92. The summed E-state index contributed by atoms with van der Waals surface area (Å²) in [6.45, 7) is 8.51. The molecule has 0 aliphatic rings. The number of nitrogens with one attached hydrogen (secondary N) is 1. The van der Waals surface area contributed by atoms with Crippen LogP contribution in [-0.4, -0.2) is 28.8 Å². The van der Waals surface area contributed by atoms with Gasteiger partial charge in [-0.1, -0.05) is 92.2 Å². The molecular formula is C31H37ClN2O2. The minimum Gasteiger partial charge on any atom is -0.352 e. The van der Waals surface area contributed by atoms with E-state index in [1.54, 1.807) is 4.90 Å². The van der Waals surface area contributed by atoms with Gasteiger partial charge in [0.2, 0.25) is 11.8 Å². The van der Waals surface area contributed by atoms with Crippen LogP contribution in [0.5, 0.6) is 0 Å². The fourth-order valence-corrected chi connectivity index (χ4v) is 4.44. The van der Waals surface area contributed by atoms with E-state index in [9.17, 15) is 9.59 Å². The third kappa shape index (κ3) is 8.23. The highest BCUT2D eigenvalue weighted by Gasteiger charge is 2.30. The van der Waals surface area contributed by atoms with Gasteiger partial charge in [0.05, 0.1) is 0 Å². The minimum absolute atomic E-state index is 0.0293. The first-order valence-electron chi connectivity index (χ1n) is 12.7. The first-order valence-corrected chi connectivity index (χ1v) is 13.1. The van der Waals surface area contributed by atoms with E-state index in [0.29, 0.717) is 36.7 Å². The van der Waals surface area contributed by atoms with Gasteiger partial charge in [0, 0.05) is 30.5 Å². The lowest BCUT2D eigenvalue weighted by molar-refractivity contribution is -0.141. The second-order valence-corrected chi connectivity index (χ2v) is 10.4. The first-order chi connectivity index (χ1) is 17.2. The smallest absolute Gasteiger partial charge is 0.243 e. The van der Waals surface area contributed by atoms with Crippen LogP contribution in [0.3, 0.4) is 0 Å². The Bertz CT molecular complexity index is 1130. The predicted octanol–water partition coefficient (Wildman–Crippen LogP) is 6.56. The maximum absolute atomic E-state index is 13.7. The van der Waals surface area contributed by atoms with Crippen LogP contribution in [0.2, 0.25) is 5.02 Å². The fraction of sp³-hybridized carbons (Fsp3) is 0.355. The molecule has 3 aromatic rings. The lowest BCUT2D eigenvalue weighted by Gasteiger charge is -2.32. The topological polar surface area (TPSA) is 49.4 Å². The molecule has 0 aliphatic heterocycles. The van der Waals surface area contributed by atoms with Crippen LogP contribution in [0.15, 0.2) is 78.9 Å². The molecule has 3 aromatic carbocycles. The molecule has 0 radical (unpaired) electrons. The molecule has 0 fully saturated rings. The Morgan fingerprint density at radius 1 is 0.833 bits per heavy atom. The van der Waals surface area contributed by atoms with Gasteiger partial charge in [0.15, 0.2) is 0 Å². The standard InChI is InChI=1S/C31H37ClN2O2/c1-22(2)27-16-13-24(14-17-27)15-18-30(35)34(21-26-11-8-12-28(32)19-26)29(31(36)33-23(3)4)20-25-9-6-5-7-10-25/h5-14,16-17,19,22-23,29H,15,18,20-21H2,1-4H3,(H,33,36)/t29-/m0/s1. The van der Waals surface area contributed by atoms with Crippen molar-refractivity contribution in [3.8, 4) is 0 Å². The van der Waals surface area contributed by atoms with Gasteiger partial charge < -0.3 is 10.2 Å². The molecular weight excluding hydrogens is 468 g/mol. The van der Waals surface area contributed by atoms with Crippen molar-refractivity contribution in [3.05, 3.63) is 106 Å². The maximum atomic E-state index is 13.7. The summed E-state index contributed by atoms with van der Waals surface area (Å²) in [6.07, 6.45) is 1.38. The third-order valence-electron chi connectivity index (χ3n) is 6.22. The van der Waals surface area contributed by atoms with Gasteiger partial charge in [0.1, 0.15) is 6.04 Å². The van der Waals surface area contributed by atoms with E-state index < -0.39 is 6.04 Å². The summed E-state index contributed by atoms with van der Waals surface area (Å²) in [7, 11) is 0. The van der Waals surface area contributed by atoms with Gasteiger partial charge in [-0.15, -0.1) is 0 Å². The highest BCUT2D eigenvalue weighted by Crippen LogP contribution is 2.20. The van der Waals surface area contributed by atoms with E-state index in [1.807, 2.05) is 68.4 Å². The van der Waals surface area contributed by atoms with Gasteiger partial charge in [-0.3, -0.25) is 9.59 Å². The normalized spacial score (nSPS) is 12.0. The molecule has 1 atom stereocenters. The Hall–Kier alpha value is -3.11. The monoisotopic (exact) mass is 504 g/mol. The number of carbonyl (C=O) groups is 2. The molecule has 4 nitrogen and oxygen atoms in total. The molecule has 190 valence electrons. The first kappa shape index (κ1) is 27.5. The van der Waals surface area contributed by atoms with Crippen molar-refractivity contribution in [1.82, 2.24) is 10.2 Å². The molecule has 0 heterocycles. The van der Waals surface area contributed by atoms with Crippen LogP contribution in [0, 0.1) is 0 Å². The third-order valence-corrected chi connectivity index (χ3v) is 6.45. The Balaban J connectivity index is 1.88. The van der Waals surface area contributed by atoms with E-state index in [0.717, 1.165) is 16.7 Å². The van der Waals surface area contributed by atoms with E-state index >= 15 is 0 Å². The number of nitrogens with zero attached hydrogens (tertiary/aromatic N) is 1. The number of hydrogen-bond acceptors (Lipinski definition) is 2. The van der Waals surface area contributed by atoms with Gasteiger partial charge in [-0.05, 0) is 60.6 Å². The fourth-order valence-electron chi connectivity index (χ4n) is 4.23. The molecule has 0 saturated heterocycles. The Kier molecular flexibility index (Phi) is 10.1. The van der Waals surface area contributed by atoms with Crippen LogP contribution >= 0.6 is 11.6 Å². The average molecular weight is 505 g/mol. The lowest BCUT2D eigenvalue weighted by Crippen LogP contribution is -2.51. The average Bonchev–Trinajstić information content (AvgIpc) is 2.85. The lowest BCUT2D eigenvalue weighted by atomic mass is 9.99. The molecule has 0 aliphatic carbocycles. The number of benzene rings is 3. The summed E-state index contributed by atoms with van der Waals surface area (Å²) >= 11 is 6.24. The zero-order valence-electron chi connectivity index (χ0n) is 21.7. The van der Waals surface area contributed by atoms with Gasteiger partial charge in [-0.2, -0.15) is 0 Å². The van der Waals surface area contributed by atoms with Crippen LogP contribution in [0.25, 0.3) is 0 Å².